The fourth-order valence-electron chi connectivity index (χ4n) is 1.72. The van der Waals surface area contributed by atoms with Crippen molar-refractivity contribution in [3.63, 3.8) is 0 Å². The molecule has 2 aromatic rings. The van der Waals surface area contributed by atoms with E-state index >= 15 is 0 Å². The van der Waals surface area contributed by atoms with Crippen LogP contribution in [0.5, 0.6) is 11.5 Å². The summed E-state index contributed by atoms with van der Waals surface area (Å²) in [7, 11) is 0. The minimum absolute atomic E-state index is 0.322. The minimum Gasteiger partial charge on any atom is -0.508 e. The number of rotatable bonds is 4. The van der Waals surface area contributed by atoms with Crippen LogP contribution in [-0.4, -0.2) is 10.2 Å². The molecule has 2 rings (SSSR count). The quantitative estimate of drug-likeness (QED) is 0.792. The monoisotopic (exact) mass is 258 g/mol. The fraction of sp³-hybridized carbons (Fsp3) is 0.294. The fourth-order valence-corrected chi connectivity index (χ4v) is 1.72. The summed E-state index contributed by atoms with van der Waals surface area (Å²) in [6.07, 6.45) is 4.83. The molecule has 0 spiro atoms. The Kier molecular flexibility index (Phi) is 7.18. The maximum Gasteiger partial charge on any atom is 0.115 e. The zero-order valence-corrected chi connectivity index (χ0v) is 11.4. The Balaban J connectivity index is 0.000000218. The van der Waals surface area contributed by atoms with E-state index in [0.717, 1.165) is 6.42 Å². The summed E-state index contributed by atoms with van der Waals surface area (Å²) < 4.78 is 0. The van der Waals surface area contributed by atoms with E-state index in [1.807, 2.05) is 18.2 Å². The lowest BCUT2D eigenvalue weighted by atomic mass is 10.1. The maximum absolute atomic E-state index is 9.17. The van der Waals surface area contributed by atoms with Crippen LogP contribution in [0.3, 0.4) is 0 Å². The Morgan fingerprint density at radius 2 is 1.47 bits per heavy atom. The molecule has 0 aliphatic heterocycles. The van der Waals surface area contributed by atoms with Crippen LogP contribution in [0, 0.1) is 0 Å². The molecule has 0 radical (unpaired) electrons. The molecule has 0 aromatic heterocycles. The standard InChI is InChI=1S/C11H16O.C6H6O/c1-2-3-4-6-10-7-5-8-11(12)9-10;7-6-4-2-1-3-5-6/h5,7-9,12H,2-4,6H2,1H3;1-5,7H. The van der Waals surface area contributed by atoms with Crippen LogP contribution in [-0.2, 0) is 6.42 Å². The van der Waals surface area contributed by atoms with Crippen LogP contribution in [0.1, 0.15) is 31.7 Å². The molecular weight excluding hydrogens is 236 g/mol. The summed E-state index contributed by atoms with van der Waals surface area (Å²) in [5.41, 5.74) is 1.24. The second-order valence-electron chi connectivity index (χ2n) is 4.46. The third kappa shape index (κ3) is 7.14. The van der Waals surface area contributed by atoms with E-state index in [-0.39, 0.29) is 0 Å². The van der Waals surface area contributed by atoms with Crippen molar-refractivity contribution in [3.8, 4) is 11.5 Å². The van der Waals surface area contributed by atoms with Gasteiger partial charge in [0.05, 0.1) is 0 Å². The predicted octanol–water partition coefficient (Wildman–Crippen LogP) is 4.52. The van der Waals surface area contributed by atoms with Gasteiger partial charge in [0, 0.05) is 0 Å². The smallest absolute Gasteiger partial charge is 0.115 e. The molecule has 19 heavy (non-hydrogen) atoms. The van der Waals surface area contributed by atoms with E-state index in [0.29, 0.717) is 11.5 Å². The van der Waals surface area contributed by atoms with Crippen molar-refractivity contribution in [2.24, 2.45) is 0 Å². The Hall–Kier alpha value is -1.96. The Morgan fingerprint density at radius 3 is 2.00 bits per heavy atom. The highest BCUT2D eigenvalue weighted by Crippen LogP contribution is 2.13. The molecule has 0 atom stereocenters. The van der Waals surface area contributed by atoms with E-state index in [2.05, 4.69) is 13.0 Å². The first-order chi connectivity index (χ1) is 9.22. The third-order valence-electron chi connectivity index (χ3n) is 2.74. The maximum atomic E-state index is 9.17. The summed E-state index contributed by atoms with van der Waals surface area (Å²) in [5.74, 6) is 0.700. The summed E-state index contributed by atoms with van der Waals surface area (Å²) >= 11 is 0. The molecule has 2 heteroatoms. The lowest BCUT2D eigenvalue weighted by Gasteiger charge is -2.00. The molecule has 0 unspecified atom stereocenters. The highest BCUT2D eigenvalue weighted by molar-refractivity contribution is 5.27. The van der Waals surface area contributed by atoms with Crippen molar-refractivity contribution in [1.29, 1.82) is 0 Å². The molecule has 0 amide bonds. The summed E-state index contributed by atoms with van der Waals surface area (Å²) in [5, 5.41) is 17.8. The first-order valence-corrected chi connectivity index (χ1v) is 6.74. The predicted molar refractivity (Wildman–Crippen MR) is 79.4 cm³/mol. The Morgan fingerprint density at radius 1 is 0.789 bits per heavy atom. The summed E-state index contributed by atoms with van der Waals surface area (Å²) in [6, 6.07) is 16.2. The molecule has 0 saturated heterocycles. The average Bonchev–Trinajstić information content (AvgIpc) is 2.41. The second kappa shape index (κ2) is 9.03. The number of para-hydroxylation sites is 1. The molecule has 2 nitrogen and oxygen atoms in total. The van der Waals surface area contributed by atoms with Crippen molar-refractivity contribution >= 4 is 0 Å². The molecule has 0 aliphatic carbocycles. The molecule has 0 bridgehead atoms. The van der Waals surface area contributed by atoms with Crippen LogP contribution in [0.15, 0.2) is 54.6 Å². The largest absolute Gasteiger partial charge is 0.508 e. The van der Waals surface area contributed by atoms with Gasteiger partial charge in [0.2, 0.25) is 0 Å². The molecule has 0 fully saturated rings. The van der Waals surface area contributed by atoms with Gasteiger partial charge in [-0.05, 0) is 42.7 Å². The van der Waals surface area contributed by atoms with Gasteiger partial charge in [-0.2, -0.15) is 0 Å². The SMILES string of the molecule is CCCCCc1cccc(O)c1.Oc1ccccc1. The van der Waals surface area contributed by atoms with Crippen LogP contribution < -0.4 is 0 Å². The van der Waals surface area contributed by atoms with E-state index in [1.165, 1.54) is 24.8 Å². The molecule has 102 valence electrons. The zero-order chi connectivity index (χ0) is 13.9. The molecule has 0 aliphatic rings. The van der Waals surface area contributed by atoms with Crippen molar-refractivity contribution in [2.45, 2.75) is 32.6 Å². The number of aryl methyl sites for hydroxylation is 1. The summed E-state index contributed by atoms with van der Waals surface area (Å²) in [4.78, 5) is 0. The normalized spacial score (nSPS) is 9.53. The van der Waals surface area contributed by atoms with Gasteiger partial charge in [0.1, 0.15) is 11.5 Å². The molecule has 0 saturated carbocycles. The highest BCUT2D eigenvalue weighted by atomic mass is 16.3. The minimum atomic E-state index is 0.322. The topological polar surface area (TPSA) is 40.5 Å². The highest BCUT2D eigenvalue weighted by Gasteiger charge is 1.93. The zero-order valence-electron chi connectivity index (χ0n) is 11.4. The third-order valence-corrected chi connectivity index (χ3v) is 2.74. The van der Waals surface area contributed by atoms with Crippen LogP contribution in [0.4, 0.5) is 0 Å². The van der Waals surface area contributed by atoms with E-state index in [9.17, 15) is 0 Å². The number of hydrogen-bond donors (Lipinski definition) is 2. The van der Waals surface area contributed by atoms with Crippen LogP contribution in [0.25, 0.3) is 0 Å². The van der Waals surface area contributed by atoms with Gasteiger partial charge in [-0.25, -0.2) is 0 Å². The lowest BCUT2D eigenvalue weighted by Crippen LogP contribution is -1.84. The molecule has 2 aromatic carbocycles. The van der Waals surface area contributed by atoms with Crippen molar-refractivity contribution in [2.75, 3.05) is 0 Å². The van der Waals surface area contributed by atoms with E-state index < -0.39 is 0 Å². The Bertz CT molecular complexity index is 452. The van der Waals surface area contributed by atoms with Gasteiger partial charge < -0.3 is 10.2 Å². The van der Waals surface area contributed by atoms with Gasteiger partial charge in [0.15, 0.2) is 0 Å². The van der Waals surface area contributed by atoms with Crippen molar-refractivity contribution < 1.29 is 10.2 Å². The lowest BCUT2D eigenvalue weighted by molar-refractivity contribution is 0.474. The first-order valence-electron chi connectivity index (χ1n) is 6.74. The molecule has 0 heterocycles. The summed E-state index contributed by atoms with van der Waals surface area (Å²) in [6.45, 7) is 2.20. The van der Waals surface area contributed by atoms with E-state index in [1.54, 1.807) is 30.3 Å². The number of benzene rings is 2. The number of phenolic OH excluding ortho intramolecular Hbond substituents is 2. The molecule has 2 N–H and O–H groups in total. The van der Waals surface area contributed by atoms with Gasteiger partial charge >= 0.3 is 0 Å². The van der Waals surface area contributed by atoms with Crippen molar-refractivity contribution in [1.82, 2.24) is 0 Å². The van der Waals surface area contributed by atoms with Gasteiger partial charge in [0.25, 0.3) is 0 Å². The number of aromatic hydroxyl groups is 2. The van der Waals surface area contributed by atoms with E-state index in [4.69, 9.17) is 10.2 Å². The van der Waals surface area contributed by atoms with Gasteiger partial charge in [-0.15, -0.1) is 0 Å². The van der Waals surface area contributed by atoms with Crippen LogP contribution >= 0.6 is 0 Å². The second-order valence-corrected chi connectivity index (χ2v) is 4.46. The number of unbranched alkanes of at least 4 members (excludes halogenated alkanes) is 2. The van der Waals surface area contributed by atoms with Gasteiger partial charge in [-0.1, -0.05) is 50.1 Å². The molecular formula is C17H22O2. The van der Waals surface area contributed by atoms with Crippen molar-refractivity contribution in [3.05, 3.63) is 60.2 Å². The van der Waals surface area contributed by atoms with Gasteiger partial charge in [-0.3, -0.25) is 0 Å². The van der Waals surface area contributed by atoms with Crippen LogP contribution in [0.2, 0.25) is 0 Å². The number of hydrogen-bond acceptors (Lipinski definition) is 2. The first kappa shape index (κ1) is 15.1. The Labute approximate surface area is 115 Å². The number of phenols is 2. The average molecular weight is 258 g/mol.